The zero-order valence-corrected chi connectivity index (χ0v) is 13.4. The van der Waals surface area contributed by atoms with Gasteiger partial charge in [-0.15, -0.1) is 0 Å². The SMILES string of the molecule is Cn1nc(-c2cc(F)c(Cl)c(OCC(N)=O)n2)c(Cl)c1OC(F)F. The molecular formula is C12H9Cl2F3N4O3. The molecule has 0 unspecified atom stereocenters. The fourth-order valence-electron chi connectivity index (χ4n) is 1.69. The molecule has 1 amide bonds. The van der Waals surface area contributed by atoms with Gasteiger partial charge in [-0.1, -0.05) is 23.2 Å². The third-order valence-corrected chi connectivity index (χ3v) is 3.30. The Labute approximate surface area is 143 Å². The van der Waals surface area contributed by atoms with E-state index in [9.17, 15) is 18.0 Å². The maximum absolute atomic E-state index is 13.9. The number of ether oxygens (including phenoxy) is 2. The van der Waals surface area contributed by atoms with Crippen LogP contribution in [0.25, 0.3) is 11.4 Å². The number of hydrogen-bond acceptors (Lipinski definition) is 5. The van der Waals surface area contributed by atoms with E-state index in [2.05, 4.69) is 14.8 Å². The lowest BCUT2D eigenvalue weighted by atomic mass is 10.2. The second kappa shape index (κ2) is 7.14. The molecule has 7 nitrogen and oxygen atoms in total. The highest BCUT2D eigenvalue weighted by Crippen LogP contribution is 2.37. The molecule has 0 fully saturated rings. The minimum Gasteiger partial charge on any atom is -0.466 e. The molecule has 24 heavy (non-hydrogen) atoms. The van der Waals surface area contributed by atoms with Crippen molar-refractivity contribution in [3.63, 3.8) is 0 Å². The first-order valence-corrected chi connectivity index (χ1v) is 6.91. The first-order chi connectivity index (χ1) is 11.2. The number of rotatable bonds is 6. The van der Waals surface area contributed by atoms with Crippen LogP contribution in [0.2, 0.25) is 10.0 Å². The maximum Gasteiger partial charge on any atom is 0.388 e. The molecule has 2 aromatic heterocycles. The summed E-state index contributed by atoms with van der Waals surface area (Å²) in [6.07, 6.45) is 0. The minimum atomic E-state index is -3.13. The summed E-state index contributed by atoms with van der Waals surface area (Å²) in [5.41, 5.74) is 4.61. The summed E-state index contributed by atoms with van der Waals surface area (Å²) in [4.78, 5) is 14.6. The van der Waals surface area contributed by atoms with E-state index in [-0.39, 0.29) is 16.4 Å². The average Bonchev–Trinajstić information content (AvgIpc) is 2.76. The summed E-state index contributed by atoms with van der Waals surface area (Å²) in [5, 5.41) is 3.05. The maximum atomic E-state index is 13.9. The Hall–Kier alpha value is -2.20. The van der Waals surface area contributed by atoms with E-state index in [1.807, 2.05) is 0 Å². The highest BCUT2D eigenvalue weighted by Gasteiger charge is 2.23. The van der Waals surface area contributed by atoms with Gasteiger partial charge in [0.1, 0.15) is 21.6 Å². The summed E-state index contributed by atoms with van der Waals surface area (Å²) in [7, 11) is 1.30. The Morgan fingerprint density at radius 2 is 2.08 bits per heavy atom. The number of carbonyl (C=O) groups excluding carboxylic acids is 1. The van der Waals surface area contributed by atoms with Crippen LogP contribution >= 0.6 is 23.2 Å². The monoisotopic (exact) mass is 384 g/mol. The lowest BCUT2D eigenvalue weighted by Gasteiger charge is -2.07. The van der Waals surface area contributed by atoms with E-state index >= 15 is 0 Å². The van der Waals surface area contributed by atoms with Crippen molar-refractivity contribution in [2.45, 2.75) is 6.61 Å². The molecule has 0 aliphatic rings. The van der Waals surface area contributed by atoms with E-state index in [0.717, 1.165) is 10.7 Å². The van der Waals surface area contributed by atoms with Gasteiger partial charge in [-0.05, 0) is 0 Å². The van der Waals surface area contributed by atoms with Crippen molar-refractivity contribution in [1.82, 2.24) is 14.8 Å². The van der Waals surface area contributed by atoms with Crippen molar-refractivity contribution in [2.24, 2.45) is 12.8 Å². The molecule has 0 aliphatic heterocycles. The second-order valence-electron chi connectivity index (χ2n) is 4.33. The van der Waals surface area contributed by atoms with Crippen LogP contribution in [-0.2, 0) is 11.8 Å². The summed E-state index contributed by atoms with van der Waals surface area (Å²) in [6, 6.07) is 0.875. The van der Waals surface area contributed by atoms with Crippen LogP contribution in [0.4, 0.5) is 13.2 Å². The fourth-order valence-corrected chi connectivity index (χ4v) is 2.14. The molecule has 0 radical (unpaired) electrons. The van der Waals surface area contributed by atoms with Gasteiger partial charge in [0.25, 0.3) is 5.91 Å². The molecular weight excluding hydrogens is 376 g/mol. The van der Waals surface area contributed by atoms with Crippen molar-refractivity contribution >= 4 is 29.1 Å². The third kappa shape index (κ3) is 3.82. The Balaban J connectivity index is 2.47. The summed E-state index contributed by atoms with van der Waals surface area (Å²) in [6.45, 7) is -3.72. The average molecular weight is 385 g/mol. The van der Waals surface area contributed by atoms with Crippen LogP contribution in [0, 0.1) is 5.82 Å². The molecule has 2 rings (SSSR count). The number of aromatic nitrogens is 3. The van der Waals surface area contributed by atoms with Gasteiger partial charge in [0.05, 0.1) is 5.69 Å². The first kappa shape index (κ1) is 18.1. The summed E-state index contributed by atoms with van der Waals surface area (Å²) in [5.74, 6) is -2.64. The first-order valence-electron chi connectivity index (χ1n) is 6.15. The topological polar surface area (TPSA) is 92.3 Å². The van der Waals surface area contributed by atoms with Crippen LogP contribution in [0.1, 0.15) is 0 Å². The molecule has 0 aromatic carbocycles. The molecule has 0 aliphatic carbocycles. The number of aryl methyl sites for hydroxylation is 1. The number of nitrogens with two attached hydrogens (primary N) is 1. The van der Waals surface area contributed by atoms with E-state index < -0.39 is 41.7 Å². The van der Waals surface area contributed by atoms with E-state index in [1.165, 1.54) is 7.05 Å². The van der Waals surface area contributed by atoms with Gasteiger partial charge in [-0.2, -0.15) is 13.9 Å². The lowest BCUT2D eigenvalue weighted by Crippen LogP contribution is -2.20. The number of amides is 1. The number of carbonyl (C=O) groups is 1. The van der Waals surface area contributed by atoms with Gasteiger partial charge in [-0.25, -0.2) is 14.1 Å². The third-order valence-electron chi connectivity index (χ3n) is 2.62. The Morgan fingerprint density at radius 3 is 2.67 bits per heavy atom. The Bertz CT molecular complexity index is 785. The quantitative estimate of drug-likeness (QED) is 0.825. The zero-order valence-electron chi connectivity index (χ0n) is 11.9. The van der Waals surface area contributed by atoms with E-state index in [4.69, 9.17) is 33.7 Å². The predicted molar refractivity (Wildman–Crippen MR) is 77.7 cm³/mol. The number of nitrogens with zero attached hydrogens (tertiary/aromatic N) is 3. The van der Waals surface area contributed by atoms with Crippen molar-refractivity contribution in [3.05, 3.63) is 21.9 Å². The van der Waals surface area contributed by atoms with Crippen molar-refractivity contribution in [1.29, 1.82) is 0 Å². The molecule has 0 saturated heterocycles. The number of halogens is 5. The zero-order chi connectivity index (χ0) is 18.0. The highest BCUT2D eigenvalue weighted by molar-refractivity contribution is 6.34. The van der Waals surface area contributed by atoms with Gasteiger partial charge >= 0.3 is 6.61 Å². The Morgan fingerprint density at radius 1 is 1.42 bits per heavy atom. The van der Waals surface area contributed by atoms with Crippen LogP contribution in [0.15, 0.2) is 6.07 Å². The molecule has 0 spiro atoms. The van der Waals surface area contributed by atoms with Gasteiger partial charge in [0, 0.05) is 13.1 Å². The smallest absolute Gasteiger partial charge is 0.388 e. The second-order valence-corrected chi connectivity index (χ2v) is 5.09. The molecule has 130 valence electrons. The van der Waals surface area contributed by atoms with Crippen molar-refractivity contribution in [2.75, 3.05) is 6.61 Å². The number of pyridine rings is 1. The van der Waals surface area contributed by atoms with Crippen LogP contribution in [0.3, 0.4) is 0 Å². The van der Waals surface area contributed by atoms with E-state index in [1.54, 1.807) is 0 Å². The van der Waals surface area contributed by atoms with Crippen molar-refractivity contribution in [3.8, 4) is 23.1 Å². The molecule has 0 saturated carbocycles. The minimum absolute atomic E-state index is 0.144. The van der Waals surface area contributed by atoms with Gasteiger partial charge in [0.2, 0.25) is 11.8 Å². The molecule has 2 heterocycles. The molecule has 0 atom stereocenters. The predicted octanol–water partition coefficient (Wildman–Crippen LogP) is 2.39. The van der Waals surface area contributed by atoms with Gasteiger partial charge in [-0.3, -0.25) is 4.79 Å². The van der Waals surface area contributed by atoms with Crippen molar-refractivity contribution < 1.29 is 27.4 Å². The highest BCUT2D eigenvalue weighted by atomic mass is 35.5. The fraction of sp³-hybridized carbons (Fsp3) is 0.250. The number of hydrogen-bond donors (Lipinski definition) is 1. The van der Waals surface area contributed by atoms with Gasteiger partial charge < -0.3 is 15.2 Å². The summed E-state index contributed by atoms with van der Waals surface area (Å²) < 4.78 is 48.7. The number of primary amides is 1. The molecule has 2 aromatic rings. The van der Waals surface area contributed by atoms with Crippen LogP contribution in [-0.4, -0.2) is 33.9 Å². The Kier molecular flexibility index (Phi) is 5.40. The largest absolute Gasteiger partial charge is 0.466 e. The summed E-state index contributed by atoms with van der Waals surface area (Å²) >= 11 is 11.6. The molecule has 0 bridgehead atoms. The lowest BCUT2D eigenvalue weighted by molar-refractivity contribution is -0.120. The van der Waals surface area contributed by atoms with E-state index in [0.29, 0.717) is 0 Å². The normalized spacial score (nSPS) is 11.0. The van der Waals surface area contributed by atoms with Gasteiger partial charge in [0.15, 0.2) is 6.61 Å². The standard InChI is InChI=1S/C12H9Cl2F3N4O3/c1-21-11(24-12(16)17)8(14)9(20-21)5-2-4(15)7(13)10(19-5)23-3-6(18)22/h2,12H,3H2,1H3,(H2,18,22). The number of alkyl halides is 2. The molecule has 2 N–H and O–H groups in total. The van der Waals surface area contributed by atoms with Crippen LogP contribution in [0.5, 0.6) is 11.8 Å². The molecule has 12 heteroatoms. The van der Waals surface area contributed by atoms with Crippen LogP contribution < -0.4 is 15.2 Å².